The molecule has 0 aliphatic carbocycles. The van der Waals surface area contributed by atoms with Crippen LogP contribution in [0.5, 0.6) is 0 Å². The molecule has 2 unspecified atom stereocenters. The zero-order chi connectivity index (χ0) is 71.3. The first kappa shape index (κ1) is 74.8. The maximum absolute atomic E-state index is 13.5. The van der Waals surface area contributed by atoms with E-state index in [4.69, 9.17) is 37.9 Å². The highest BCUT2D eigenvalue weighted by Crippen LogP contribution is 2.51. The molecule has 0 spiro atoms. The zero-order valence-corrected chi connectivity index (χ0v) is 58.1. The Balaban J connectivity index is 0.666. The van der Waals surface area contributed by atoms with Crippen LogP contribution in [0.4, 0.5) is 11.4 Å². The Morgan fingerprint density at radius 1 is 0.515 bits per heavy atom. The minimum absolute atomic E-state index is 0.0561. The van der Waals surface area contributed by atoms with E-state index >= 15 is 0 Å². The highest BCUT2D eigenvalue weighted by Gasteiger charge is 2.54. The molecular formula is C77H103N4O20+. The topological polar surface area (TPSA) is 341 Å². The second-order valence-corrected chi connectivity index (χ2v) is 29.2. The van der Waals surface area contributed by atoms with Gasteiger partial charge in [0.15, 0.2) is 18.3 Å². The van der Waals surface area contributed by atoms with Gasteiger partial charge in [0.2, 0.25) is 17.5 Å². The third-order valence-electron chi connectivity index (χ3n) is 21.7. The number of aliphatic hydroxyl groups is 10. The van der Waals surface area contributed by atoms with Gasteiger partial charge in [0.05, 0.1) is 30.8 Å². The lowest BCUT2D eigenvalue weighted by molar-refractivity contribution is -0.438. The average Bonchev–Trinajstić information content (AvgIpc) is 1.59. The van der Waals surface area contributed by atoms with Crippen molar-refractivity contribution >= 4 is 50.4 Å². The molecule has 20 atom stereocenters. The molecule has 4 aromatic rings. The number of aliphatic hydroxyl groups excluding tert-OH is 10. The van der Waals surface area contributed by atoms with Crippen molar-refractivity contribution in [3.8, 4) is 0 Å². The summed E-state index contributed by atoms with van der Waals surface area (Å²) in [6, 6.07) is 25.7. The van der Waals surface area contributed by atoms with Crippen LogP contribution in [0, 0.1) is 0 Å². The van der Waals surface area contributed by atoms with Crippen LogP contribution in [0.2, 0.25) is 0 Å². The molecule has 12 saturated heterocycles. The lowest BCUT2D eigenvalue weighted by Gasteiger charge is -2.46. The number of amides is 2. The Bertz CT molecular complexity index is 3670. The van der Waals surface area contributed by atoms with Gasteiger partial charge in [-0.3, -0.25) is 9.59 Å². The van der Waals surface area contributed by atoms with Crippen LogP contribution in [0.15, 0.2) is 121 Å². The third-order valence-corrected chi connectivity index (χ3v) is 21.7. The van der Waals surface area contributed by atoms with Gasteiger partial charge in [-0.05, 0) is 111 Å². The normalized spacial score (nSPS) is 34.5. The number of benzene rings is 4. The molecule has 18 rings (SSSR count). The van der Waals surface area contributed by atoms with Crippen LogP contribution < -0.4 is 15.5 Å². The van der Waals surface area contributed by atoms with E-state index in [1.807, 2.05) is 6.08 Å². The molecule has 14 heterocycles. The summed E-state index contributed by atoms with van der Waals surface area (Å²) in [5.41, 5.74) is 6.44. The van der Waals surface area contributed by atoms with Crippen LogP contribution in [0.1, 0.15) is 116 Å². The zero-order valence-electron chi connectivity index (χ0n) is 58.1. The van der Waals surface area contributed by atoms with Gasteiger partial charge in [0.1, 0.15) is 104 Å². The maximum Gasteiger partial charge on any atom is 0.220 e. The molecule has 4 aromatic carbocycles. The van der Waals surface area contributed by atoms with Crippen LogP contribution in [0.3, 0.4) is 0 Å². The molecule has 24 heteroatoms. The molecule has 12 N–H and O–H groups in total. The number of rotatable bonds is 22. The van der Waals surface area contributed by atoms with Crippen molar-refractivity contribution in [1.82, 2.24) is 10.6 Å². The van der Waals surface area contributed by atoms with Crippen molar-refractivity contribution in [2.45, 2.75) is 238 Å². The summed E-state index contributed by atoms with van der Waals surface area (Å²) in [5, 5.41) is 119. The number of carbonyl (C=O) groups is 2. The number of carbonyl (C=O) groups excluding carboxylic acids is 2. The summed E-state index contributed by atoms with van der Waals surface area (Å²) in [5.74, 6) is -0.447. The van der Waals surface area contributed by atoms with E-state index in [2.05, 4.69) is 157 Å². The SMILES string of the molecule is CC1(C)C(=CC=CC=CC=CC2=[N+](CCCCCC(=O)NC[C@H]3O[C@@H]4CCCO[C@H]5[C@H](O)[C@@H](O)[C@@H](OC3[C@H](O)[C@H]4O)O[C@@H]5CO)c3ccc4ccccc4c3C2(C)C)N(CCCCCC(=O)NC[C@H]2OC3O[C@H]4[C@H](O)[C@@H](O)[C@@H](CCCO[C@H]2[C@H](O)[C@H]3O)O[C@@H]4CO)c2ccc3ccccc3c21. The number of ether oxygens (including phenoxy) is 8. The fourth-order valence-electron chi connectivity index (χ4n) is 16.3. The fraction of sp³-hybridized carbons (Fsp3) is 0.597. The van der Waals surface area contributed by atoms with Crippen LogP contribution >= 0.6 is 0 Å². The first-order chi connectivity index (χ1) is 48.7. The number of unbranched alkanes of at least 4 members (excludes halogenated alkanes) is 4. The van der Waals surface area contributed by atoms with Gasteiger partial charge in [-0.25, -0.2) is 0 Å². The Hall–Kier alpha value is -5.95. The average molecular weight is 1400 g/mol. The van der Waals surface area contributed by atoms with Gasteiger partial charge in [-0.15, -0.1) is 0 Å². The predicted molar refractivity (Wildman–Crippen MR) is 374 cm³/mol. The number of fused-ring (bicyclic) bond motifs is 6. The highest BCUT2D eigenvalue weighted by molar-refractivity contribution is 6.07. The van der Waals surface area contributed by atoms with Gasteiger partial charge in [-0.2, -0.15) is 4.58 Å². The lowest BCUT2D eigenvalue weighted by atomic mass is 9.79. The second-order valence-electron chi connectivity index (χ2n) is 29.2. The lowest BCUT2D eigenvalue weighted by Crippen LogP contribution is -2.65. The molecule has 0 saturated carbocycles. The number of nitrogens with one attached hydrogen (secondary N) is 2. The molecule has 0 aromatic heterocycles. The van der Waals surface area contributed by atoms with E-state index in [1.165, 1.54) is 32.7 Å². The quantitative estimate of drug-likeness (QED) is 0.0300. The van der Waals surface area contributed by atoms with Crippen molar-refractivity contribution in [2.24, 2.45) is 0 Å². The summed E-state index contributed by atoms with van der Waals surface area (Å²) < 4.78 is 50.3. The Kier molecular flexibility index (Phi) is 24.4. The van der Waals surface area contributed by atoms with E-state index in [0.29, 0.717) is 32.2 Å². The monoisotopic (exact) mass is 1400 g/mol. The molecule has 101 heavy (non-hydrogen) atoms. The summed E-state index contributed by atoms with van der Waals surface area (Å²) in [6.07, 6.45) is -3.99. The number of anilines is 1. The molecule has 12 fully saturated rings. The van der Waals surface area contributed by atoms with Gasteiger partial charge in [-0.1, -0.05) is 105 Å². The van der Waals surface area contributed by atoms with E-state index in [9.17, 15) is 60.7 Å². The largest absolute Gasteiger partial charge is 0.394 e. The Labute approximate surface area is 589 Å². The molecule has 14 aliphatic heterocycles. The molecule has 550 valence electrons. The smallest absolute Gasteiger partial charge is 0.220 e. The minimum atomic E-state index is -1.60. The molecule has 0 radical (unpaired) electrons. The number of hydrogen-bond acceptors (Lipinski definition) is 21. The highest BCUT2D eigenvalue weighted by atomic mass is 16.7. The van der Waals surface area contributed by atoms with Gasteiger partial charge in [0.25, 0.3) is 0 Å². The Morgan fingerprint density at radius 2 is 1.01 bits per heavy atom. The van der Waals surface area contributed by atoms with Crippen molar-refractivity contribution in [3.63, 3.8) is 0 Å². The maximum atomic E-state index is 13.5. The number of nitrogens with zero attached hydrogens (tertiary/aromatic N) is 2. The Morgan fingerprint density at radius 3 is 1.62 bits per heavy atom. The summed E-state index contributed by atoms with van der Waals surface area (Å²) in [7, 11) is 0. The van der Waals surface area contributed by atoms with Crippen molar-refractivity contribution in [3.05, 3.63) is 132 Å². The van der Waals surface area contributed by atoms with Gasteiger partial charge < -0.3 is 104 Å². The molecule has 24 nitrogen and oxygen atoms in total. The second kappa shape index (κ2) is 33.0. The third kappa shape index (κ3) is 15.9. The van der Waals surface area contributed by atoms with E-state index in [1.54, 1.807) is 0 Å². The summed E-state index contributed by atoms with van der Waals surface area (Å²) in [6.45, 7) is 9.55. The van der Waals surface area contributed by atoms with Gasteiger partial charge >= 0.3 is 0 Å². The first-order valence-corrected chi connectivity index (χ1v) is 36.3. The van der Waals surface area contributed by atoms with Crippen LogP contribution in [-0.4, -0.2) is 248 Å². The van der Waals surface area contributed by atoms with Gasteiger partial charge in [0, 0.05) is 86.6 Å². The van der Waals surface area contributed by atoms with Crippen molar-refractivity contribution in [1.29, 1.82) is 0 Å². The summed E-state index contributed by atoms with van der Waals surface area (Å²) >= 11 is 0. The summed E-state index contributed by atoms with van der Waals surface area (Å²) in [4.78, 5) is 29.4. The van der Waals surface area contributed by atoms with Crippen molar-refractivity contribution < 1.29 is 103 Å². The van der Waals surface area contributed by atoms with Crippen LogP contribution in [0.25, 0.3) is 21.5 Å². The minimum Gasteiger partial charge on any atom is -0.394 e. The number of allylic oxidation sites excluding steroid dienone is 8. The first-order valence-electron chi connectivity index (χ1n) is 36.3. The molecule has 14 aliphatic rings. The van der Waals surface area contributed by atoms with E-state index in [-0.39, 0.29) is 74.6 Å². The van der Waals surface area contributed by atoms with Crippen LogP contribution in [-0.2, 0) is 58.3 Å². The standard InChI is InChI=1S/C77H102N4O20/c1-76(2)56(80(48-34-32-44-22-14-16-24-46(44)60(48)76)36-18-8-12-30-58(84)78-40-52-70-66(90)68(92)74(98-52)101-73-55(43-83)97-51(27-21-38-94-70)63(87)65(73)89)28-10-6-5-7-11-29-57-77(3,4)61-47-25-17-15-23-45(47)33-35-49(61)81(57)37-19-9-13-31-59(85)79-41-53-72-64(88)62(86)50(96-53)26-20-39-95-71-54(42-82)99-75(100-72)69(93)67(71)91/h5-7,10-11,14-17,22-25,28-29,32-35,50-55,62-75,82-83,86-93H,8-9,12-13,18-21,26-27,30-31,36-43H2,1-4H3,(H-,78,79,84,85)/p+1/t50-,51-,52-,53-,54-,55-,62+,63+,64-,65-,66-,67-,68-,69-,70-,71-,72?,73-,74?,75-/m1/s1. The predicted octanol–water partition coefficient (Wildman–Crippen LogP) is 4.06. The molecule has 2 amide bonds. The molecule has 8 bridgehead atoms. The number of hydrogen-bond donors (Lipinski definition) is 12. The van der Waals surface area contributed by atoms with E-state index in [0.717, 1.165) is 55.0 Å². The van der Waals surface area contributed by atoms with E-state index < -0.39 is 136 Å². The van der Waals surface area contributed by atoms with Crippen molar-refractivity contribution in [2.75, 3.05) is 57.5 Å². The molecular weight excluding hydrogens is 1300 g/mol. The fourth-order valence-corrected chi connectivity index (χ4v) is 16.3.